The number of nitrogens with one attached hydrogen (secondary N) is 1. The second kappa shape index (κ2) is 11.1. The number of nitriles is 1. The Bertz CT molecular complexity index is 1050. The lowest BCUT2D eigenvalue weighted by Gasteiger charge is -2.23. The summed E-state index contributed by atoms with van der Waals surface area (Å²) >= 11 is 0. The summed E-state index contributed by atoms with van der Waals surface area (Å²) in [5.74, 6) is -0.320. The molecule has 1 N–H and O–H groups in total. The number of rotatable bonds is 8. The van der Waals surface area contributed by atoms with Crippen molar-refractivity contribution in [3.8, 4) is 6.07 Å². The summed E-state index contributed by atoms with van der Waals surface area (Å²) in [4.78, 5) is 26.3. The Morgan fingerprint density at radius 2 is 1.94 bits per heavy atom. The Hall–Kier alpha value is -3.53. The van der Waals surface area contributed by atoms with Crippen LogP contribution < -0.4 is 10.2 Å². The van der Waals surface area contributed by atoms with Crippen molar-refractivity contribution in [1.82, 2.24) is 5.32 Å². The molecule has 0 fully saturated rings. The first-order chi connectivity index (χ1) is 16.2. The highest BCUT2D eigenvalue weighted by Crippen LogP contribution is 2.33. The van der Waals surface area contributed by atoms with Crippen LogP contribution in [-0.4, -0.2) is 43.4 Å². The minimum atomic E-state index is -0.547. The summed E-state index contributed by atoms with van der Waals surface area (Å²) < 4.78 is 10.7. The zero-order chi connectivity index (χ0) is 24.7. The number of alkyl carbamates (subject to hydrolysis) is 1. The number of hydrogen-bond donors (Lipinski definition) is 1. The summed E-state index contributed by atoms with van der Waals surface area (Å²) in [5.41, 5.74) is 3.75. The van der Waals surface area contributed by atoms with Gasteiger partial charge in [0.05, 0.1) is 23.4 Å². The van der Waals surface area contributed by atoms with E-state index in [1.165, 1.54) is 0 Å². The molecule has 0 radical (unpaired) electrons. The van der Waals surface area contributed by atoms with Gasteiger partial charge in [0, 0.05) is 19.1 Å². The average molecular weight is 464 g/mol. The van der Waals surface area contributed by atoms with E-state index in [1.807, 2.05) is 52.0 Å². The molecule has 2 aromatic rings. The molecule has 1 atom stereocenters. The molecule has 0 saturated heterocycles. The molecule has 0 spiro atoms. The monoisotopic (exact) mass is 463 g/mol. The minimum Gasteiger partial charge on any atom is -0.462 e. The molecule has 1 heterocycles. The summed E-state index contributed by atoms with van der Waals surface area (Å²) in [5, 5.41) is 12.6. The van der Waals surface area contributed by atoms with Crippen LogP contribution >= 0.6 is 0 Å². The zero-order valence-corrected chi connectivity index (χ0v) is 20.4. The van der Waals surface area contributed by atoms with Crippen LogP contribution in [0.5, 0.6) is 0 Å². The number of ether oxygens (including phenoxy) is 2. The van der Waals surface area contributed by atoms with Crippen molar-refractivity contribution < 1.29 is 19.1 Å². The van der Waals surface area contributed by atoms with Crippen molar-refractivity contribution in [2.45, 2.75) is 58.6 Å². The SMILES string of the molecule is C[C@H](Cc1cc(C#N)c2c(c1)CCN2CCCOC(=O)c1ccccc1)NC(=O)OC(C)(C)C. The highest BCUT2D eigenvalue weighted by atomic mass is 16.6. The number of amides is 1. The summed E-state index contributed by atoms with van der Waals surface area (Å²) in [6, 6.07) is 15.2. The Morgan fingerprint density at radius 3 is 2.62 bits per heavy atom. The van der Waals surface area contributed by atoms with Crippen LogP contribution in [0.15, 0.2) is 42.5 Å². The Morgan fingerprint density at radius 1 is 1.21 bits per heavy atom. The van der Waals surface area contributed by atoms with Crippen LogP contribution in [0.25, 0.3) is 0 Å². The standard InChI is InChI=1S/C27H33N3O4/c1-19(29-26(32)34-27(2,3)4)15-20-16-22-11-13-30(24(22)23(17-20)18-28)12-8-14-33-25(31)21-9-6-5-7-10-21/h5-7,9-10,16-17,19H,8,11-15H2,1-4H3,(H,29,32)/t19-/m1/s1. The number of hydrogen-bond acceptors (Lipinski definition) is 6. The van der Waals surface area contributed by atoms with Crippen LogP contribution in [0.2, 0.25) is 0 Å². The zero-order valence-electron chi connectivity index (χ0n) is 20.4. The first-order valence-electron chi connectivity index (χ1n) is 11.7. The lowest BCUT2D eigenvalue weighted by Crippen LogP contribution is -2.38. The first kappa shape index (κ1) is 25.1. The summed E-state index contributed by atoms with van der Waals surface area (Å²) in [7, 11) is 0. The highest BCUT2D eigenvalue weighted by molar-refractivity contribution is 5.89. The normalized spacial score (nSPS) is 13.6. The number of esters is 1. The predicted molar refractivity (Wildman–Crippen MR) is 131 cm³/mol. The third-order valence-electron chi connectivity index (χ3n) is 5.46. The fraction of sp³-hybridized carbons (Fsp3) is 0.444. The fourth-order valence-corrected chi connectivity index (χ4v) is 4.11. The molecule has 3 rings (SSSR count). The van der Waals surface area contributed by atoms with Crippen LogP contribution in [0.3, 0.4) is 0 Å². The van der Waals surface area contributed by atoms with Crippen molar-refractivity contribution in [2.24, 2.45) is 0 Å². The molecule has 34 heavy (non-hydrogen) atoms. The Balaban J connectivity index is 1.56. The largest absolute Gasteiger partial charge is 0.462 e. The van der Waals surface area contributed by atoms with Crippen LogP contribution in [0, 0.1) is 11.3 Å². The van der Waals surface area contributed by atoms with E-state index >= 15 is 0 Å². The highest BCUT2D eigenvalue weighted by Gasteiger charge is 2.24. The molecule has 1 aliphatic heterocycles. The quantitative estimate of drug-likeness (QED) is 0.454. The molecule has 0 aromatic heterocycles. The molecule has 2 aromatic carbocycles. The van der Waals surface area contributed by atoms with Gasteiger partial charge in [-0.3, -0.25) is 0 Å². The maximum atomic E-state index is 12.1. The summed E-state index contributed by atoms with van der Waals surface area (Å²) in [6.07, 6.45) is 1.70. The van der Waals surface area contributed by atoms with Crippen molar-refractivity contribution in [3.05, 3.63) is 64.7 Å². The van der Waals surface area contributed by atoms with E-state index in [4.69, 9.17) is 9.47 Å². The van der Waals surface area contributed by atoms with E-state index < -0.39 is 11.7 Å². The number of benzene rings is 2. The minimum absolute atomic E-state index is 0.128. The van der Waals surface area contributed by atoms with Gasteiger partial charge in [-0.25, -0.2) is 9.59 Å². The predicted octanol–water partition coefficient (Wildman–Crippen LogP) is 4.62. The number of anilines is 1. The molecule has 0 unspecified atom stereocenters. The van der Waals surface area contributed by atoms with Crippen LogP contribution in [0.1, 0.15) is 61.2 Å². The molecular weight excluding hydrogens is 430 g/mol. The maximum Gasteiger partial charge on any atom is 0.407 e. The van der Waals surface area contributed by atoms with E-state index in [9.17, 15) is 14.9 Å². The molecule has 0 aliphatic carbocycles. The molecule has 7 heteroatoms. The van der Waals surface area contributed by atoms with Crippen molar-refractivity contribution >= 4 is 17.7 Å². The molecule has 0 bridgehead atoms. The van der Waals surface area contributed by atoms with Gasteiger partial charge in [-0.1, -0.05) is 24.3 Å². The van der Waals surface area contributed by atoms with Gasteiger partial charge in [0.1, 0.15) is 11.7 Å². The van der Waals surface area contributed by atoms with E-state index in [1.54, 1.807) is 12.1 Å². The molecule has 1 amide bonds. The lowest BCUT2D eigenvalue weighted by molar-refractivity contribution is 0.0494. The van der Waals surface area contributed by atoms with Gasteiger partial charge in [0.2, 0.25) is 0 Å². The Kier molecular flexibility index (Phi) is 8.17. The molecular formula is C27H33N3O4. The lowest BCUT2D eigenvalue weighted by atomic mass is 9.99. The van der Waals surface area contributed by atoms with Crippen molar-refractivity contribution in [2.75, 3.05) is 24.6 Å². The first-order valence-corrected chi connectivity index (χ1v) is 11.7. The number of carbonyl (C=O) groups is 2. The van der Waals surface area contributed by atoms with Gasteiger partial charge < -0.3 is 19.7 Å². The third kappa shape index (κ3) is 6.98. The smallest absolute Gasteiger partial charge is 0.407 e. The van der Waals surface area contributed by atoms with E-state index in [0.717, 1.165) is 29.8 Å². The van der Waals surface area contributed by atoms with Gasteiger partial charge in [0.25, 0.3) is 0 Å². The van der Waals surface area contributed by atoms with Gasteiger partial charge in [-0.05, 0) is 76.3 Å². The third-order valence-corrected chi connectivity index (χ3v) is 5.46. The fourth-order valence-electron chi connectivity index (χ4n) is 4.11. The van der Waals surface area contributed by atoms with Crippen LogP contribution in [-0.2, 0) is 22.3 Å². The molecule has 0 saturated carbocycles. The summed E-state index contributed by atoms with van der Waals surface area (Å²) in [6.45, 7) is 9.27. The number of carbonyl (C=O) groups excluding carboxylic acids is 2. The van der Waals surface area contributed by atoms with Crippen molar-refractivity contribution in [3.63, 3.8) is 0 Å². The second-order valence-corrected chi connectivity index (χ2v) is 9.61. The van der Waals surface area contributed by atoms with Gasteiger partial charge >= 0.3 is 12.1 Å². The van der Waals surface area contributed by atoms with E-state index in [-0.39, 0.29) is 12.0 Å². The number of fused-ring (bicyclic) bond motifs is 1. The maximum absolute atomic E-state index is 12.1. The number of nitrogens with zero attached hydrogens (tertiary/aromatic N) is 2. The second-order valence-electron chi connectivity index (χ2n) is 9.61. The van der Waals surface area contributed by atoms with Gasteiger partial charge in [-0.15, -0.1) is 0 Å². The van der Waals surface area contributed by atoms with E-state index in [0.29, 0.717) is 37.1 Å². The van der Waals surface area contributed by atoms with Gasteiger partial charge in [-0.2, -0.15) is 5.26 Å². The van der Waals surface area contributed by atoms with Crippen LogP contribution in [0.4, 0.5) is 10.5 Å². The molecule has 1 aliphatic rings. The Labute approximate surface area is 201 Å². The average Bonchev–Trinajstić information content (AvgIpc) is 3.18. The van der Waals surface area contributed by atoms with Crippen molar-refractivity contribution in [1.29, 1.82) is 5.26 Å². The topological polar surface area (TPSA) is 91.7 Å². The molecule has 7 nitrogen and oxygen atoms in total. The van der Waals surface area contributed by atoms with Gasteiger partial charge in [0.15, 0.2) is 0 Å². The van der Waals surface area contributed by atoms with E-state index in [2.05, 4.69) is 22.4 Å². The molecule has 180 valence electrons.